The molecule has 3 heterocycles. The number of carbonyl (C=O) groups excluding carboxylic acids is 2. The Labute approximate surface area is 229 Å². The van der Waals surface area contributed by atoms with E-state index in [9.17, 15) is 14.0 Å². The number of anilines is 2. The van der Waals surface area contributed by atoms with Crippen LogP contribution in [0, 0.1) is 5.82 Å². The van der Waals surface area contributed by atoms with E-state index in [2.05, 4.69) is 25.9 Å². The molecular weight excluding hydrogens is 509 g/mol. The summed E-state index contributed by atoms with van der Waals surface area (Å²) in [5.41, 5.74) is 4.90. The van der Waals surface area contributed by atoms with Gasteiger partial charge in [-0.2, -0.15) is 5.10 Å². The molecule has 0 saturated heterocycles. The maximum absolute atomic E-state index is 14.8. The Bertz CT molecular complexity index is 1810. The van der Waals surface area contributed by atoms with Crippen LogP contribution in [-0.4, -0.2) is 31.7 Å². The Morgan fingerprint density at radius 1 is 1.02 bits per heavy atom. The number of aromatic nitrogens is 4. The Morgan fingerprint density at radius 3 is 2.67 bits per heavy atom. The predicted molar refractivity (Wildman–Crippen MR) is 151 cm³/mol. The summed E-state index contributed by atoms with van der Waals surface area (Å²) in [5.74, 6) is -0.304. The van der Waals surface area contributed by atoms with Crippen LogP contribution >= 0.6 is 0 Å². The molecule has 6 rings (SSSR count). The van der Waals surface area contributed by atoms with E-state index in [1.807, 2.05) is 45.0 Å². The Balaban J connectivity index is 1.31. The molecule has 40 heavy (non-hydrogen) atoms. The van der Waals surface area contributed by atoms with Gasteiger partial charge in [-0.15, -0.1) is 0 Å². The molecule has 3 N–H and O–H groups in total. The normalized spacial score (nSPS) is 12.8. The maximum atomic E-state index is 14.8. The Hall–Kier alpha value is -5.12. The first kappa shape index (κ1) is 25.2. The van der Waals surface area contributed by atoms with Crippen molar-refractivity contribution in [3.05, 3.63) is 95.8 Å². The second-order valence-corrected chi connectivity index (χ2v) is 10.6. The summed E-state index contributed by atoms with van der Waals surface area (Å²) < 4.78 is 16.5. The molecule has 1 aliphatic rings. The number of rotatable bonds is 4. The molecule has 10 heteroatoms. The van der Waals surface area contributed by atoms with Crippen molar-refractivity contribution < 1.29 is 14.0 Å². The number of fused-ring (bicyclic) bond motifs is 2. The fourth-order valence-electron chi connectivity index (χ4n) is 4.72. The van der Waals surface area contributed by atoms with Crippen molar-refractivity contribution in [1.29, 1.82) is 0 Å². The van der Waals surface area contributed by atoms with Crippen LogP contribution in [-0.2, 0) is 12.0 Å². The maximum Gasteiger partial charge on any atom is 0.324 e. The number of nitrogens with zero attached hydrogens (tertiary/aromatic N) is 4. The number of carbonyl (C=O) groups is 2. The van der Waals surface area contributed by atoms with Crippen LogP contribution in [0.25, 0.3) is 27.7 Å². The molecule has 0 atom stereocenters. The topological polar surface area (TPSA) is 114 Å². The lowest BCUT2D eigenvalue weighted by Crippen LogP contribution is -2.22. The van der Waals surface area contributed by atoms with E-state index >= 15 is 0 Å². The lowest BCUT2D eigenvalue weighted by Gasteiger charge is -2.14. The zero-order valence-electron chi connectivity index (χ0n) is 22.1. The lowest BCUT2D eigenvalue weighted by molar-refractivity contribution is 0.0965. The Kier molecular flexibility index (Phi) is 6.02. The van der Waals surface area contributed by atoms with Crippen molar-refractivity contribution in [2.24, 2.45) is 0 Å². The van der Waals surface area contributed by atoms with Gasteiger partial charge in [-0.3, -0.25) is 10.1 Å². The summed E-state index contributed by atoms with van der Waals surface area (Å²) in [4.78, 5) is 33.6. The smallest absolute Gasteiger partial charge is 0.324 e. The van der Waals surface area contributed by atoms with Crippen LogP contribution in [0.15, 0.2) is 73.2 Å². The molecule has 3 amide bonds. The quantitative estimate of drug-likeness (QED) is 0.269. The summed E-state index contributed by atoms with van der Waals surface area (Å²) in [6.45, 7) is 6.48. The van der Waals surface area contributed by atoms with E-state index in [-0.39, 0.29) is 17.0 Å². The van der Waals surface area contributed by atoms with Gasteiger partial charge in [0.2, 0.25) is 0 Å². The highest BCUT2D eigenvalue weighted by atomic mass is 19.1. The van der Waals surface area contributed by atoms with Crippen molar-refractivity contribution in [2.75, 3.05) is 10.6 Å². The second kappa shape index (κ2) is 9.57. The average molecular weight is 536 g/mol. The summed E-state index contributed by atoms with van der Waals surface area (Å²) in [7, 11) is 0. The standard InChI is InChI=1S/C30H26FN7O2/c1-30(2,3)26-13-27(38(37-26)19-8-10-24-18(11-19)14-32-16-34-24)36-29(40)35-25-12-17(7-9-23(25)31)20-5-4-6-21-22(20)15-33-28(21)39/h4-14,16H,15H2,1-3H3,(H,33,39)(H2,35,36,40). The van der Waals surface area contributed by atoms with Crippen molar-refractivity contribution in [1.82, 2.24) is 25.1 Å². The SMILES string of the molecule is CC(C)(C)c1cc(NC(=O)Nc2cc(-c3cccc4c3CNC4=O)ccc2F)n(-c2ccc3ncncc3c2)n1. The van der Waals surface area contributed by atoms with E-state index in [1.165, 1.54) is 12.4 Å². The minimum Gasteiger partial charge on any atom is -0.348 e. The third kappa shape index (κ3) is 4.64. The zero-order valence-corrected chi connectivity index (χ0v) is 22.1. The van der Waals surface area contributed by atoms with Crippen LogP contribution in [0.2, 0.25) is 0 Å². The number of hydrogen-bond donors (Lipinski definition) is 3. The molecule has 1 aliphatic heterocycles. The molecule has 200 valence electrons. The van der Waals surface area contributed by atoms with E-state index in [0.29, 0.717) is 29.2 Å². The molecular formula is C30H26FN7O2. The van der Waals surface area contributed by atoms with Gasteiger partial charge in [-0.1, -0.05) is 39.0 Å². The predicted octanol–water partition coefficient (Wildman–Crippen LogP) is 5.81. The first-order valence-electron chi connectivity index (χ1n) is 12.8. The summed E-state index contributed by atoms with van der Waals surface area (Å²) in [6.07, 6.45) is 3.20. The number of nitrogens with one attached hydrogen (secondary N) is 3. The van der Waals surface area contributed by atoms with Gasteiger partial charge in [0, 0.05) is 35.2 Å². The van der Waals surface area contributed by atoms with E-state index < -0.39 is 11.8 Å². The molecule has 0 fully saturated rings. The molecule has 0 radical (unpaired) electrons. The van der Waals surface area contributed by atoms with Gasteiger partial charge >= 0.3 is 6.03 Å². The second-order valence-electron chi connectivity index (χ2n) is 10.6. The van der Waals surface area contributed by atoms with Crippen molar-refractivity contribution >= 4 is 34.3 Å². The fraction of sp³-hybridized carbons (Fsp3) is 0.167. The van der Waals surface area contributed by atoms with Crippen molar-refractivity contribution in [3.8, 4) is 16.8 Å². The van der Waals surface area contributed by atoms with Gasteiger partial charge in [0.15, 0.2) is 0 Å². The molecule has 0 bridgehead atoms. The third-order valence-electron chi connectivity index (χ3n) is 6.82. The largest absolute Gasteiger partial charge is 0.348 e. The first-order valence-corrected chi connectivity index (χ1v) is 12.8. The number of benzene rings is 3. The van der Waals surface area contributed by atoms with Crippen LogP contribution in [0.1, 0.15) is 42.4 Å². The Morgan fingerprint density at radius 2 is 1.85 bits per heavy atom. The van der Waals surface area contributed by atoms with E-state index in [4.69, 9.17) is 5.10 Å². The minimum absolute atomic E-state index is 0.00912. The zero-order chi connectivity index (χ0) is 28.0. The van der Waals surface area contributed by atoms with Gasteiger partial charge in [0.1, 0.15) is 18.0 Å². The van der Waals surface area contributed by atoms with E-state index in [1.54, 1.807) is 41.2 Å². The molecule has 5 aromatic rings. The van der Waals surface area contributed by atoms with Gasteiger partial charge < -0.3 is 10.6 Å². The summed E-state index contributed by atoms with van der Waals surface area (Å²) in [5, 5.41) is 13.9. The number of amides is 3. The highest BCUT2D eigenvalue weighted by Crippen LogP contribution is 2.32. The van der Waals surface area contributed by atoms with Crippen LogP contribution in [0.4, 0.5) is 20.7 Å². The highest BCUT2D eigenvalue weighted by molar-refractivity contribution is 6.02. The van der Waals surface area contributed by atoms with Gasteiger partial charge in [-0.25, -0.2) is 23.8 Å². The van der Waals surface area contributed by atoms with E-state index in [0.717, 1.165) is 27.7 Å². The van der Waals surface area contributed by atoms with Gasteiger partial charge in [0.25, 0.3) is 5.91 Å². The number of urea groups is 1. The van der Waals surface area contributed by atoms with Crippen molar-refractivity contribution in [3.63, 3.8) is 0 Å². The molecule has 0 saturated carbocycles. The first-order chi connectivity index (χ1) is 19.2. The van der Waals surface area contributed by atoms with Gasteiger partial charge in [-0.05, 0) is 53.1 Å². The number of hydrogen-bond acceptors (Lipinski definition) is 5. The average Bonchev–Trinajstić information content (AvgIpc) is 3.53. The summed E-state index contributed by atoms with van der Waals surface area (Å²) >= 11 is 0. The van der Waals surface area contributed by atoms with Crippen LogP contribution in [0.3, 0.4) is 0 Å². The fourth-order valence-corrected chi connectivity index (χ4v) is 4.72. The molecule has 0 unspecified atom stereocenters. The van der Waals surface area contributed by atoms with Crippen LogP contribution < -0.4 is 16.0 Å². The monoisotopic (exact) mass is 535 g/mol. The molecule has 0 aliphatic carbocycles. The molecule has 2 aromatic heterocycles. The van der Waals surface area contributed by atoms with Crippen molar-refractivity contribution in [2.45, 2.75) is 32.7 Å². The molecule has 0 spiro atoms. The minimum atomic E-state index is -0.628. The van der Waals surface area contributed by atoms with Gasteiger partial charge in [0.05, 0.1) is 22.6 Å². The van der Waals surface area contributed by atoms with Crippen LogP contribution in [0.5, 0.6) is 0 Å². The molecule has 9 nitrogen and oxygen atoms in total. The lowest BCUT2D eigenvalue weighted by atomic mass is 9.92. The summed E-state index contributed by atoms with van der Waals surface area (Å²) in [6, 6.07) is 16.7. The highest BCUT2D eigenvalue weighted by Gasteiger charge is 2.24. The third-order valence-corrected chi connectivity index (χ3v) is 6.82. The molecule has 3 aromatic carbocycles. The number of halogens is 1.